The van der Waals surface area contributed by atoms with Gasteiger partial charge in [0.25, 0.3) is 0 Å². The van der Waals surface area contributed by atoms with E-state index < -0.39 is 18.0 Å². The summed E-state index contributed by atoms with van der Waals surface area (Å²) in [5.74, 6) is -0.555. The Balaban J connectivity index is 1.45. The van der Waals surface area contributed by atoms with Crippen LogP contribution in [0.15, 0.2) is 30.3 Å². The van der Waals surface area contributed by atoms with Crippen LogP contribution in [0.3, 0.4) is 0 Å². The van der Waals surface area contributed by atoms with Gasteiger partial charge < -0.3 is 19.9 Å². The molecule has 0 saturated carbocycles. The van der Waals surface area contributed by atoms with Gasteiger partial charge in [0.1, 0.15) is 17.7 Å². The second-order valence-electron chi connectivity index (χ2n) is 9.82. The number of piperidine rings is 1. The number of nitrogens with one attached hydrogen (secondary N) is 1. The second-order valence-corrected chi connectivity index (χ2v) is 9.82. The minimum Gasteiger partial charge on any atom is -0.385 e. The van der Waals surface area contributed by atoms with Crippen molar-refractivity contribution in [3.8, 4) is 6.07 Å². The van der Waals surface area contributed by atoms with Crippen LogP contribution in [0.4, 0.5) is 24.8 Å². The van der Waals surface area contributed by atoms with Gasteiger partial charge in [-0.15, -0.1) is 0 Å². The number of amides is 1. The van der Waals surface area contributed by atoms with E-state index in [1.165, 1.54) is 0 Å². The third-order valence-corrected chi connectivity index (χ3v) is 7.27. The van der Waals surface area contributed by atoms with Crippen molar-refractivity contribution in [2.75, 3.05) is 49.7 Å². The predicted octanol–water partition coefficient (Wildman–Crippen LogP) is 3.95. The normalized spacial score (nSPS) is 18.4. The number of nitrogens with zero attached hydrogens (tertiary/aromatic N) is 5. The molecule has 204 valence electrons. The quantitative estimate of drug-likeness (QED) is 0.525. The first-order valence-corrected chi connectivity index (χ1v) is 13.0. The molecule has 2 aromatic rings. The SMILES string of the molecule is COCCC1CCN(c2cc(N3CCC[C@H]3C(=O)NCCc3ccc(C#N)cc3)nc(C(F)(F)F)n2)CC1. The summed E-state index contributed by atoms with van der Waals surface area (Å²) in [6.45, 7) is 2.73. The Bertz CT molecular complexity index is 1130. The number of halogens is 3. The highest BCUT2D eigenvalue weighted by atomic mass is 19.4. The van der Waals surface area contributed by atoms with Crippen LogP contribution in [0, 0.1) is 17.2 Å². The van der Waals surface area contributed by atoms with Crippen molar-refractivity contribution >= 4 is 17.5 Å². The van der Waals surface area contributed by atoms with Gasteiger partial charge in [0.05, 0.1) is 11.6 Å². The molecule has 1 aromatic heterocycles. The van der Waals surface area contributed by atoms with Gasteiger partial charge in [-0.2, -0.15) is 18.4 Å². The maximum atomic E-state index is 13.8. The zero-order valence-electron chi connectivity index (χ0n) is 21.5. The van der Waals surface area contributed by atoms with Crippen LogP contribution in [0.25, 0.3) is 0 Å². The summed E-state index contributed by atoms with van der Waals surface area (Å²) < 4.78 is 46.4. The number of hydrogen-bond donors (Lipinski definition) is 1. The highest BCUT2D eigenvalue weighted by Gasteiger charge is 2.38. The van der Waals surface area contributed by atoms with E-state index in [9.17, 15) is 18.0 Å². The van der Waals surface area contributed by atoms with Crippen LogP contribution < -0.4 is 15.1 Å². The van der Waals surface area contributed by atoms with Crippen molar-refractivity contribution in [1.29, 1.82) is 5.26 Å². The van der Waals surface area contributed by atoms with Crippen LogP contribution in [-0.4, -0.2) is 61.8 Å². The first-order valence-electron chi connectivity index (χ1n) is 13.0. The Morgan fingerprint density at radius 1 is 1.13 bits per heavy atom. The number of rotatable bonds is 9. The van der Waals surface area contributed by atoms with Crippen LogP contribution >= 0.6 is 0 Å². The van der Waals surface area contributed by atoms with Gasteiger partial charge in [-0.3, -0.25) is 4.79 Å². The van der Waals surface area contributed by atoms with E-state index in [0.717, 1.165) is 24.8 Å². The number of benzene rings is 1. The van der Waals surface area contributed by atoms with Crippen molar-refractivity contribution in [2.24, 2.45) is 5.92 Å². The molecule has 2 aliphatic heterocycles. The van der Waals surface area contributed by atoms with Crippen molar-refractivity contribution in [3.05, 3.63) is 47.3 Å². The Hall–Kier alpha value is -3.39. The molecule has 0 bridgehead atoms. The summed E-state index contributed by atoms with van der Waals surface area (Å²) in [6.07, 6.45) is -0.243. The van der Waals surface area contributed by atoms with E-state index in [4.69, 9.17) is 10.00 Å². The molecule has 8 nitrogen and oxygen atoms in total. The lowest BCUT2D eigenvalue weighted by Crippen LogP contribution is -2.44. The lowest BCUT2D eigenvalue weighted by molar-refractivity contribution is -0.144. The second kappa shape index (κ2) is 12.4. The number of aromatic nitrogens is 2. The molecule has 1 atom stereocenters. The minimum atomic E-state index is -4.69. The molecule has 1 amide bonds. The third-order valence-electron chi connectivity index (χ3n) is 7.27. The van der Waals surface area contributed by atoms with Crippen LogP contribution in [0.5, 0.6) is 0 Å². The van der Waals surface area contributed by atoms with Gasteiger partial charge in [-0.25, -0.2) is 9.97 Å². The maximum absolute atomic E-state index is 13.8. The number of methoxy groups -OCH3 is 1. The molecule has 2 fully saturated rings. The van der Waals surface area contributed by atoms with E-state index >= 15 is 0 Å². The molecule has 0 spiro atoms. The van der Waals surface area contributed by atoms with Gasteiger partial charge >= 0.3 is 6.18 Å². The molecule has 38 heavy (non-hydrogen) atoms. The van der Waals surface area contributed by atoms with Crippen LogP contribution in [0.2, 0.25) is 0 Å². The fraction of sp³-hybridized carbons (Fsp3) is 0.556. The molecule has 2 saturated heterocycles. The summed E-state index contributed by atoms with van der Waals surface area (Å²) in [5, 5.41) is 11.8. The van der Waals surface area contributed by atoms with E-state index in [1.54, 1.807) is 30.2 Å². The number of nitriles is 1. The van der Waals surface area contributed by atoms with E-state index in [1.807, 2.05) is 17.0 Å². The Morgan fingerprint density at radius 3 is 2.50 bits per heavy atom. The largest absolute Gasteiger partial charge is 0.451 e. The molecule has 0 aliphatic carbocycles. The lowest BCUT2D eigenvalue weighted by atomic mass is 9.94. The standard InChI is InChI=1S/C27H33F3N6O2/c1-38-16-11-20-9-14-35(15-10-20)23-17-24(34-26(33-23)27(28,29)30)36-13-2-3-22(36)25(37)32-12-8-19-4-6-21(18-31)7-5-19/h4-7,17,20,22H,2-3,8-16H2,1H3,(H,32,37)/t22-/m0/s1. The molecule has 11 heteroatoms. The van der Waals surface area contributed by atoms with Gasteiger partial charge in [0, 0.05) is 46.0 Å². The van der Waals surface area contributed by atoms with E-state index in [0.29, 0.717) is 63.5 Å². The number of alkyl halides is 3. The first-order chi connectivity index (χ1) is 18.3. The Labute approximate surface area is 220 Å². The number of hydrogen-bond acceptors (Lipinski definition) is 7. The molecular formula is C27H33F3N6O2. The average molecular weight is 531 g/mol. The summed E-state index contributed by atoms with van der Waals surface area (Å²) in [7, 11) is 1.66. The zero-order chi connectivity index (χ0) is 27.1. The Kier molecular flexibility index (Phi) is 9.05. The van der Waals surface area contributed by atoms with E-state index in [2.05, 4.69) is 21.4 Å². The van der Waals surface area contributed by atoms with Crippen molar-refractivity contribution < 1.29 is 22.7 Å². The summed E-state index contributed by atoms with van der Waals surface area (Å²) in [4.78, 5) is 24.3. The van der Waals surface area contributed by atoms with Gasteiger partial charge in [0.2, 0.25) is 11.7 Å². The fourth-order valence-electron chi connectivity index (χ4n) is 5.10. The molecule has 4 rings (SSSR count). The van der Waals surface area contributed by atoms with Crippen molar-refractivity contribution in [2.45, 2.75) is 50.7 Å². The predicted molar refractivity (Wildman–Crippen MR) is 137 cm³/mol. The number of anilines is 2. The molecule has 1 N–H and O–H groups in total. The lowest BCUT2D eigenvalue weighted by Gasteiger charge is -2.34. The van der Waals surface area contributed by atoms with E-state index in [-0.39, 0.29) is 17.5 Å². The molecule has 0 unspecified atom stereocenters. The highest BCUT2D eigenvalue weighted by molar-refractivity contribution is 5.85. The summed E-state index contributed by atoms with van der Waals surface area (Å²) in [5.41, 5.74) is 1.55. The van der Waals surface area contributed by atoms with Crippen molar-refractivity contribution in [3.63, 3.8) is 0 Å². The highest BCUT2D eigenvalue weighted by Crippen LogP contribution is 2.34. The molecule has 0 radical (unpaired) electrons. The summed E-state index contributed by atoms with van der Waals surface area (Å²) in [6, 6.07) is 10.2. The zero-order valence-corrected chi connectivity index (χ0v) is 21.5. The van der Waals surface area contributed by atoms with Gasteiger partial charge in [-0.1, -0.05) is 12.1 Å². The summed E-state index contributed by atoms with van der Waals surface area (Å²) >= 11 is 0. The maximum Gasteiger partial charge on any atom is 0.451 e. The monoisotopic (exact) mass is 530 g/mol. The number of carbonyl (C=O) groups excluding carboxylic acids is 1. The third kappa shape index (κ3) is 6.92. The molecular weight excluding hydrogens is 497 g/mol. The molecule has 1 aromatic carbocycles. The number of carbonyl (C=O) groups is 1. The van der Waals surface area contributed by atoms with Crippen LogP contribution in [0.1, 0.15) is 49.1 Å². The Morgan fingerprint density at radius 2 is 1.84 bits per heavy atom. The molecule has 2 aliphatic rings. The minimum absolute atomic E-state index is 0.133. The number of ether oxygens (including phenoxy) is 1. The van der Waals surface area contributed by atoms with Gasteiger partial charge in [-0.05, 0) is 62.1 Å². The average Bonchev–Trinajstić information content (AvgIpc) is 3.42. The fourth-order valence-corrected chi connectivity index (χ4v) is 5.10. The van der Waals surface area contributed by atoms with Crippen molar-refractivity contribution in [1.82, 2.24) is 15.3 Å². The van der Waals surface area contributed by atoms with Crippen LogP contribution in [-0.2, 0) is 22.1 Å². The smallest absolute Gasteiger partial charge is 0.385 e. The molecule has 3 heterocycles. The van der Waals surface area contributed by atoms with Gasteiger partial charge in [0.15, 0.2) is 0 Å². The topological polar surface area (TPSA) is 94.4 Å². The first kappa shape index (κ1) is 27.6.